The van der Waals surface area contributed by atoms with Gasteiger partial charge in [0.15, 0.2) is 0 Å². The highest BCUT2D eigenvalue weighted by Crippen LogP contribution is 2.16. The van der Waals surface area contributed by atoms with Crippen molar-refractivity contribution >= 4 is 11.5 Å². The normalized spacial score (nSPS) is 15.6. The first kappa shape index (κ1) is 10.8. The molecule has 2 N–H and O–H groups in total. The molecule has 0 saturated heterocycles. The lowest BCUT2D eigenvalue weighted by atomic mass is 10.1. The van der Waals surface area contributed by atoms with Crippen LogP contribution in [-0.4, -0.2) is 34.1 Å². The van der Waals surface area contributed by atoms with E-state index in [0.717, 1.165) is 25.2 Å². The molecule has 1 aromatic rings. The van der Waals surface area contributed by atoms with Crippen molar-refractivity contribution in [2.75, 3.05) is 13.1 Å². The van der Waals surface area contributed by atoms with E-state index in [2.05, 4.69) is 21.4 Å². The third kappa shape index (κ3) is 2.64. The molecule has 1 aliphatic heterocycles. The van der Waals surface area contributed by atoms with E-state index < -0.39 is 5.97 Å². The van der Waals surface area contributed by atoms with Gasteiger partial charge in [-0.15, -0.1) is 0 Å². The number of hydrogen-bond acceptors (Lipinski definition) is 4. The van der Waals surface area contributed by atoms with Gasteiger partial charge in [-0.3, -0.25) is 14.8 Å². The van der Waals surface area contributed by atoms with Crippen molar-refractivity contribution < 1.29 is 9.90 Å². The molecule has 0 bridgehead atoms. The van der Waals surface area contributed by atoms with Crippen molar-refractivity contribution in [3.05, 3.63) is 29.9 Å². The minimum Gasteiger partial charge on any atom is -0.481 e. The van der Waals surface area contributed by atoms with Crippen LogP contribution in [0.1, 0.15) is 17.8 Å². The number of carboxylic acids is 1. The highest BCUT2D eigenvalue weighted by Gasteiger charge is 2.08. The zero-order chi connectivity index (χ0) is 11.4. The Morgan fingerprint density at radius 3 is 2.88 bits per heavy atom. The quantitative estimate of drug-likeness (QED) is 0.773. The van der Waals surface area contributed by atoms with E-state index in [1.807, 2.05) is 0 Å². The number of hydrogen-bond donors (Lipinski definition) is 2. The van der Waals surface area contributed by atoms with Crippen LogP contribution in [0.25, 0.3) is 5.57 Å². The summed E-state index contributed by atoms with van der Waals surface area (Å²) in [7, 11) is 0. The van der Waals surface area contributed by atoms with Gasteiger partial charge in [0.1, 0.15) is 0 Å². The Kier molecular flexibility index (Phi) is 3.26. The van der Waals surface area contributed by atoms with Gasteiger partial charge in [0.05, 0.1) is 24.0 Å². The zero-order valence-electron chi connectivity index (χ0n) is 8.81. The highest BCUT2D eigenvalue weighted by molar-refractivity contribution is 5.69. The summed E-state index contributed by atoms with van der Waals surface area (Å²) in [5.41, 5.74) is 2.51. The summed E-state index contributed by atoms with van der Waals surface area (Å²) >= 11 is 0. The van der Waals surface area contributed by atoms with E-state index in [1.165, 1.54) is 11.8 Å². The van der Waals surface area contributed by atoms with Crippen molar-refractivity contribution in [2.24, 2.45) is 0 Å². The lowest BCUT2D eigenvalue weighted by molar-refractivity contribution is -0.136. The van der Waals surface area contributed by atoms with E-state index in [0.29, 0.717) is 5.69 Å². The first-order chi connectivity index (χ1) is 7.75. The van der Waals surface area contributed by atoms with Crippen LogP contribution < -0.4 is 5.32 Å². The van der Waals surface area contributed by atoms with Gasteiger partial charge in [-0.25, -0.2) is 0 Å². The summed E-state index contributed by atoms with van der Waals surface area (Å²) in [5, 5.41) is 11.8. The molecule has 0 spiro atoms. The number of rotatable bonds is 3. The van der Waals surface area contributed by atoms with Gasteiger partial charge in [-0.1, -0.05) is 6.08 Å². The van der Waals surface area contributed by atoms with Crippen molar-refractivity contribution in [1.29, 1.82) is 0 Å². The topological polar surface area (TPSA) is 75.1 Å². The third-order valence-corrected chi connectivity index (χ3v) is 2.43. The minimum atomic E-state index is -0.886. The maximum absolute atomic E-state index is 10.5. The Bertz CT molecular complexity index is 412. The van der Waals surface area contributed by atoms with E-state index >= 15 is 0 Å². The van der Waals surface area contributed by atoms with Gasteiger partial charge >= 0.3 is 5.97 Å². The van der Waals surface area contributed by atoms with Crippen LogP contribution in [0.3, 0.4) is 0 Å². The summed E-state index contributed by atoms with van der Waals surface area (Å²) in [5.74, 6) is -0.886. The lowest BCUT2D eigenvalue weighted by Crippen LogP contribution is -2.20. The van der Waals surface area contributed by atoms with Gasteiger partial charge in [0.2, 0.25) is 0 Å². The SMILES string of the molecule is O=C(O)Cc1cnc(C2=CCNCC2)cn1. The number of carbonyl (C=O) groups is 1. The molecule has 2 heterocycles. The van der Waals surface area contributed by atoms with Gasteiger partial charge in [0, 0.05) is 12.7 Å². The van der Waals surface area contributed by atoms with Crippen LogP contribution in [0.4, 0.5) is 0 Å². The summed E-state index contributed by atoms with van der Waals surface area (Å²) in [4.78, 5) is 18.8. The predicted molar refractivity (Wildman–Crippen MR) is 58.8 cm³/mol. The molecule has 0 atom stereocenters. The lowest BCUT2D eigenvalue weighted by Gasteiger charge is -2.12. The molecule has 1 aromatic heterocycles. The van der Waals surface area contributed by atoms with E-state index in [4.69, 9.17) is 5.11 Å². The fraction of sp³-hybridized carbons (Fsp3) is 0.364. The molecule has 1 aliphatic rings. The Morgan fingerprint density at radius 2 is 2.31 bits per heavy atom. The van der Waals surface area contributed by atoms with Crippen molar-refractivity contribution in [3.8, 4) is 0 Å². The smallest absolute Gasteiger partial charge is 0.309 e. The molecule has 0 unspecified atom stereocenters. The second-order valence-corrected chi connectivity index (χ2v) is 3.65. The second kappa shape index (κ2) is 4.85. The van der Waals surface area contributed by atoms with Crippen LogP contribution in [-0.2, 0) is 11.2 Å². The maximum atomic E-state index is 10.5. The molecular formula is C11H13N3O2. The van der Waals surface area contributed by atoms with Crippen LogP contribution >= 0.6 is 0 Å². The first-order valence-electron chi connectivity index (χ1n) is 5.18. The van der Waals surface area contributed by atoms with Gasteiger partial charge < -0.3 is 10.4 Å². The summed E-state index contributed by atoms with van der Waals surface area (Å²) in [6.45, 7) is 1.80. The molecule has 0 aromatic carbocycles. The Balaban J connectivity index is 2.12. The average Bonchev–Trinajstić information content (AvgIpc) is 2.30. The Morgan fingerprint density at radius 1 is 1.44 bits per heavy atom. The zero-order valence-corrected chi connectivity index (χ0v) is 8.81. The summed E-state index contributed by atoms with van der Waals surface area (Å²) in [6, 6.07) is 0. The molecule has 0 saturated carbocycles. The fourth-order valence-electron chi connectivity index (χ4n) is 1.62. The standard InChI is InChI=1S/C11H13N3O2/c15-11(16)5-9-6-14-10(7-13-9)8-1-3-12-4-2-8/h1,6-7,12H,2-5H2,(H,15,16). The molecule has 0 aliphatic carbocycles. The summed E-state index contributed by atoms with van der Waals surface area (Å²) in [6.07, 6.45) is 6.13. The van der Waals surface area contributed by atoms with Gasteiger partial charge in [-0.2, -0.15) is 0 Å². The molecule has 0 radical (unpaired) electrons. The first-order valence-corrected chi connectivity index (χ1v) is 5.18. The molecule has 0 amide bonds. The molecule has 0 fully saturated rings. The van der Waals surface area contributed by atoms with Crippen LogP contribution in [0.2, 0.25) is 0 Å². The fourth-order valence-corrected chi connectivity index (χ4v) is 1.62. The third-order valence-electron chi connectivity index (χ3n) is 2.43. The molecular weight excluding hydrogens is 206 g/mol. The molecule has 16 heavy (non-hydrogen) atoms. The van der Waals surface area contributed by atoms with E-state index in [1.54, 1.807) is 6.20 Å². The second-order valence-electron chi connectivity index (χ2n) is 3.65. The summed E-state index contributed by atoms with van der Waals surface area (Å²) < 4.78 is 0. The van der Waals surface area contributed by atoms with E-state index in [9.17, 15) is 4.79 Å². The number of aliphatic carboxylic acids is 1. The van der Waals surface area contributed by atoms with Crippen molar-refractivity contribution in [3.63, 3.8) is 0 Å². The minimum absolute atomic E-state index is 0.0755. The van der Waals surface area contributed by atoms with Gasteiger partial charge in [0.25, 0.3) is 0 Å². The number of carboxylic acid groups (broad SMARTS) is 1. The van der Waals surface area contributed by atoms with Crippen molar-refractivity contribution in [1.82, 2.24) is 15.3 Å². The Labute approximate surface area is 93.2 Å². The average molecular weight is 219 g/mol. The predicted octanol–water partition coefficient (Wildman–Crippen LogP) is 0.480. The molecule has 2 rings (SSSR count). The highest BCUT2D eigenvalue weighted by atomic mass is 16.4. The largest absolute Gasteiger partial charge is 0.481 e. The maximum Gasteiger partial charge on any atom is 0.309 e. The molecule has 84 valence electrons. The molecule has 5 heteroatoms. The Hall–Kier alpha value is -1.75. The van der Waals surface area contributed by atoms with Crippen LogP contribution in [0.15, 0.2) is 18.5 Å². The monoisotopic (exact) mass is 219 g/mol. The van der Waals surface area contributed by atoms with Gasteiger partial charge in [-0.05, 0) is 18.5 Å². The van der Waals surface area contributed by atoms with E-state index in [-0.39, 0.29) is 6.42 Å². The number of nitrogens with one attached hydrogen (secondary N) is 1. The molecule has 5 nitrogen and oxygen atoms in total. The van der Waals surface area contributed by atoms with Crippen LogP contribution in [0, 0.1) is 0 Å². The number of aromatic nitrogens is 2. The van der Waals surface area contributed by atoms with Crippen molar-refractivity contribution in [2.45, 2.75) is 12.8 Å². The van der Waals surface area contributed by atoms with Crippen LogP contribution in [0.5, 0.6) is 0 Å². The number of nitrogens with zero attached hydrogens (tertiary/aromatic N) is 2.